The molecule has 0 radical (unpaired) electrons. The molecule has 9 heteroatoms. The van der Waals surface area contributed by atoms with E-state index in [1.54, 1.807) is 24.3 Å². The van der Waals surface area contributed by atoms with Gasteiger partial charge in [0.2, 0.25) is 0 Å². The molecule has 0 bridgehead atoms. The number of hydrogen-bond acceptors (Lipinski definition) is 4. The van der Waals surface area contributed by atoms with Crippen molar-refractivity contribution in [1.82, 2.24) is 15.5 Å². The van der Waals surface area contributed by atoms with Gasteiger partial charge in [-0.25, -0.2) is 0 Å². The molecule has 1 saturated heterocycles. The van der Waals surface area contributed by atoms with Crippen molar-refractivity contribution in [3.63, 3.8) is 0 Å². The van der Waals surface area contributed by atoms with E-state index in [4.69, 9.17) is 16.3 Å². The van der Waals surface area contributed by atoms with Gasteiger partial charge < -0.3 is 20.3 Å². The highest BCUT2D eigenvalue weighted by Gasteiger charge is 2.36. The van der Waals surface area contributed by atoms with Crippen LogP contribution in [0.3, 0.4) is 0 Å². The molecule has 1 aromatic rings. The Morgan fingerprint density at radius 2 is 2.00 bits per heavy atom. The van der Waals surface area contributed by atoms with E-state index in [9.17, 15) is 9.59 Å². The van der Waals surface area contributed by atoms with Gasteiger partial charge in [0, 0.05) is 26.2 Å². The molecule has 0 spiro atoms. The second kappa shape index (κ2) is 12.1. The van der Waals surface area contributed by atoms with Crippen molar-refractivity contribution in [2.24, 2.45) is 16.8 Å². The van der Waals surface area contributed by atoms with E-state index in [-0.39, 0.29) is 47.7 Å². The molecule has 1 heterocycles. The van der Waals surface area contributed by atoms with Gasteiger partial charge in [0.05, 0.1) is 30.2 Å². The second-order valence-electron chi connectivity index (χ2n) is 6.48. The lowest BCUT2D eigenvalue weighted by Crippen LogP contribution is -2.41. The molecule has 7 nitrogen and oxygen atoms in total. The number of esters is 1. The Morgan fingerprint density at radius 3 is 2.64 bits per heavy atom. The van der Waals surface area contributed by atoms with Gasteiger partial charge in [0.1, 0.15) is 0 Å². The Morgan fingerprint density at radius 1 is 1.29 bits per heavy atom. The summed E-state index contributed by atoms with van der Waals surface area (Å²) in [5.74, 6) is 0.372. The molecule has 28 heavy (non-hydrogen) atoms. The molecule has 2 rings (SSSR count). The Balaban J connectivity index is 0.00000392. The summed E-state index contributed by atoms with van der Waals surface area (Å²) in [5.41, 5.74) is 0.448. The summed E-state index contributed by atoms with van der Waals surface area (Å²) in [7, 11) is 1.42. The molecule has 2 N–H and O–H groups in total. The number of aliphatic imine (C=N–C) groups is 1. The van der Waals surface area contributed by atoms with E-state index >= 15 is 0 Å². The highest BCUT2D eigenvalue weighted by Crippen LogP contribution is 2.24. The van der Waals surface area contributed by atoms with Crippen molar-refractivity contribution < 1.29 is 14.3 Å². The van der Waals surface area contributed by atoms with Crippen molar-refractivity contribution in [3.8, 4) is 0 Å². The van der Waals surface area contributed by atoms with E-state index in [0.717, 1.165) is 19.0 Å². The number of carbonyl (C=O) groups excluding carboxylic acids is 2. The van der Waals surface area contributed by atoms with Crippen LogP contribution in [0.2, 0.25) is 5.02 Å². The number of likely N-dealkylation sites (tertiary alicyclic amines) is 1. The molecule has 2 unspecified atom stereocenters. The van der Waals surface area contributed by atoms with E-state index in [0.29, 0.717) is 30.2 Å². The lowest BCUT2D eigenvalue weighted by molar-refractivity contribution is -0.145. The molecular formula is C19H28ClIN4O3. The van der Waals surface area contributed by atoms with Crippen molar-refractivity contribution in [2.45, 2.75) is 13.8 Å². The maximum atomic E-state index is 12.2. The summed E-state index contributed by atoms with van der Waals surface area (Å²) < 4.78 is 4.89. The van der Waals surface area contributed by atoms with Crippen LogP contribution < -0.4 is 10.6 Å². The van der Waals surface area contributed by atoms with Crippen molar-refractivity contribution in [2.75, 3.05) is 39.8 Å². The first-order chi connectivity index (χ1) is 13.0. The molecule has 156 valence electrons. The third kappa shape index (κ3) is 6.51. The van der Waals surface area contributed by atoms with Crippen LogP contribution in [0.25, 0.3) is 0 Å². The minimum Gasteiger partial charge on any atom is -0.469 e. The highest BCUT2D eigenvalue weighted by molar-refractivity contribution is 14.0. The summed E-state index contributed by atoms with van der Waals surface area (Å²) >= 11 is 6.03. The molecule has 2 atom stereocenters. The quantitative estimate of drug-likeness (QED) is 0.197. The zero-order valence-electron chi connectivity index (χ0n) is 16.4. The lowest BCUT2D eigenvalue weighted by Gasteiger charge is -2.21. The summed E-state index contributed by atoms with van der Waals surface area (Å²) in [6.45, 7) is 6.87. The largest absolute Gasteiger partial charge is 0.469 e. The molecule has 1 aromatic carbocycles. The molecule has 1 fully saturated rings. The van der Waals surface area contributed by atoms with Gasteiger partial charge in [-0.3, -0.25) is 14.6 Å². The standard InChI is InChI=1S/C19H27ClN4O3.HI/c1-4-21-19(24-11-13(2)15(12-24)18(26)27-3)23-10-9-22-17(25)14-7-5-6-8-16(14)20;/h5-8,13,15H,4,9-12H2,1-3H3,(H,21,23)(H,22,25);1H. The Labute approximate surface area is 188 Å². The predicted octanol–water partition coefficient (Wildman–Crippen LogP) is 2.39. The van der Waals surface area contributed by atoms with Crippen LogP contribution in [-0.2, 0) is 9.53 Å². The van der Waals surface area contributed by atoms with Gasteiger partial charge in [-0.1, -0.05) is 30.7 Å². The minimum absolute atomic E-state index is 0. The van der Waals surface area contributed by atoms with E-state index in [2.05, 4.69) is 20.5 Å². The third-order valence-electron chi connectivity index (χ3n) is 4.53. The Hall–Kier alpha value is -1.55. The summed E-state index contributed by atoms with van der Waals surface area (Å²) in [4.78, 5) is 30.7. The summed E-state index contributed by atoms with van der Waals surface area (Å²) in [5, 5.41) is 6.49. The van der Waals surface area contributed by atoms with Gasteiger partial charge in [-0.05, 0) is 25.0 Å². The van der Waals surface area contributed by atoms with Gasteiger partial charge >= 0.3 is 5.97 Å². The fourth-order valence-electron chi connectivity index (χ4n) is 3.10. The Bertz CT molecular complexity index is 702. The molecule has 1 amide bonds. The number of rotatable bonds is 6. The fraction of sp³-hybridized carbons (Fsp3) is 0.526. The van der Waals surface area contributed by atoms with Gasteiger partial charge in [0.15, 0.2) is 5.96 Å². The maximum Gasteiger partial charge on any atom is 0.310 e. The molecule has 1 aliphatic heterocycles. The Kier molecular flexibility index (Phi) is 10.6. The molecule has 1 aliphatic rings. The van der Waals surface area contributed by atoms with Crippen LogP contribution in [0.15, 0.2) is 29.3 Å². The van der Waals surface area contributed by atoms with Crippen LogP contribution in [-0.4, -0.2) is 62.6 Å². The van der Waals surface area contributed by atoms with Crippen LogP contribution >= 0.6 is 35.6 Å². The molecular weight excluding hydrogens is 495 g/mol. The number of halogens is 2. The van der Waals surface area contributed by atoms with Crippen molar-refractivity contribution in [1.29, 1.82) is 0 Å². The van der Waals surface area contributed by atoms with Gasteiger partial charge in [-0.15, -0.1) is 24.0 Å². The number of methoxy groups -OCH3 is 1. The number of ether oxygens (including phenoxy) is 1. The van der Waals surface area contributed by atoms with E-state index < -0.39 is 0 Å². The number of benzene rings is 1. The van der Waals surface area contributed by atoms with Gasteiger partial charge in [-0.2, -0.15) is 0 Å². The predicted molar refractivity (Wildman–Crippen MR) is 121 cm³/mol. The summed E-state index contributed by atoms with van der Waals surface area (Å²) in [6, 6.07) is 6.92. The average molecular weight is 523 g/mol. The monoisotopic (exact) mass is 522 g/mol. The maximum absolute atomic E-state index is 12.2. The first-order valence-corrected chi connectivity index (χ1v) is 9.49. The number of hydrogen-bond donors (Lipinski definition) is 2. The number of nitrogens with zero attached hydrogens (tertiary/aromatic N) is 2. The minimum atomic E-state index is -0.221. The van der Waals surface area contributed by atoms with Crippen molar-refractivity contribution >= 4 is 53.4 Å². The van der Waals surface area contributed by atoms with E-state index in [1.807, 2.05) is 13.8 Å². The highest BCUT2D eigenvalue weighted by atomic mass is 127. The third-order valence-corrected chi connectivity index (χ3v) is 4.86. The smallest absolute Gasteiger partial charge is 0.310 e. The number of amides is 1. The van der Waals surface area contributed by atoms with Gasteiger partial charge in [0.25, 0.3) is 5.91 Å². The SMILES string of the molecule is CCNC(=NCCNC(=O)c1ccccc1Cl)N1CC(C)C(C(=O)OC)C1.I. The number of guanidine groups is 1. The zero-order chi connectivity index (χ0) is 19.8. The zero-order valence-corrected chi connectivity index (χ0v) is 19.5. The first kappa shape index (κ1) is 24.5. The van der Waals surface area contributed by atoms with E-state index in [1.165, 1.54) is 7.11 Å². The second-order valence-corrected chi connectivity index (χ2v) is 6.89. The normalized spacial score (nSPS) is 19.0. The van der Waals surface area contributed by atoms with Crippen molar-refractivity contribution in [3.05, 3.63) is 34.9 Å². The fourth-order valence-corrected chi connectivity index (χ4v) is 3.32. The topological polar surface area (TPSA) is 83.0 Å². The number of carbonyl (C=O) groups is 2. The van der Waals surface area contributed by atoms with Crippen LogP contribution in [0.4, 0.5) is 0 Å². The van der Waals surface area contributed by atoms with Crippen LogP contribution in [0.1, 0.15) is 24.2 Å². The molecule has 0 aromatic heterocycles. The molecule has 0 saturated carbocycles. The average Bonchev–Trinajstić information content (AvgIpc) is 3.05. The van der Waals surface area contributed by atoms with Crippen LogP contribution in [0, 0.1) is 11.8 Å². The van der Waals surface area contributed by atoms with Crippen LogP contribution in [0.5, 0.6) is 0 Å². The number of nitrogens with one attached hydrogen (secondary N) is 2. The lowest BCUT2D eigenvalue weighted by atomic mass is 9.99. The first-order valence-electron chi connectivity index (χ1n) is 9.11. The molecule has 0 aliphatic carbocycles. The summed E-state index contributed by atoms with van der Waals surface area (Å²) in [6.07, 6.45) is 0.